The second kappa shape index (κ2) is 11.4. The highest BCUT2D eigenvalue weighted by Gasteiger charge is 2.42. The van der Waals surface area contributed by atoms with E-state index >= 15 is 0 Å². The Morgan fingerprint density at radius 2 is 1.84 bits per heavy atom. The molecule has 0 saturated carbocycles. The second-order valence-electron chi connectivity index (χ2n) is 8.05. The van der Waals surface area contributed by atoms with E-state index in [1.54, 1.807) is 13.8 Å². The van der Waals surface area contributed by atoms with Gasteiger partial charge in [0, 0.05) is 18.3 Å². The zero-order valence-corrected chi connectivity index (χ0v) is 18.3. The molecule has 2 aliphatic rings. The first-order valence-electron chi connectivity index (χ1n) is 10.3. The maximum atomic E-state index is 12.5. The molecule has 178 valence electrons. The van der Waals surface area contributed by atoms with Crippen molar-refractivity contribution in [2.45, 2.75) is 63.5 Å². The summed E-state index contributed by atoms with van der Waals surface area (Å²) in [4.78, 5) is 12.5. The average molecular weight is 446 g/mol. The molecule has 10 nitrogen and oxygen atoms in total. The first kappa shape index (κ1) is 25.7. The summed E-state index contributed by atoms with van der Waals surface area (Å²) in [7, 11) is 2.73. The van der Waals surface area contributed by atoms with Gasteiger partial charge < -0.3 is 44.5 Å². The van der Waals surface area contributed by atoms with Crippen molar-refractivity contribution in [1.29, 1.82) is 0 Å². The van der Waals surface area contributed by atoms with E-state index in [9.17, 15) is 30.3 Å². The lowest BCUT2D eigenvalue weighted by Gasteiger charge is -2.33. The highest BCUT2D eigenvalue weighted by Crippen LogP contribution is 2.35. The molecule has 1 aliphatic heterocycles. The predicted molar refractivity (Wildman–Crippen MR) is 107 cm³/mol. The van der Waals surface area contributed by atoms with E-state index in [-0.39, 0.29) is 30.3 Å². The maximum Gasteiger partial charge on any atom is 0.204 e. The normalized spacial score (nSPS) is 37.6. The van der Waals surface area contributed by atoms with Crippen LogP contribution >= 0.6 is 0 Å². The zero-order chi connectivity index (χ0) is 23.3. The number of allylic oxidation sites excluding steroid dienone is 2. The number of rotatable bonds is 8. The minimum Gasteiger partial charge on any atom is -0.494 e. The van der Waals surface area contributed by atoms with Gasteiger partial charge in [0.05, 0.1) is 33.5 Å². The van der Waals surface area contributed by atoms with Crippen LogP contribution in [0.3, 0.4) is 0 Å². The lowest BCUT2D eigenvalue weighted by atomic mass is 9.77. The lowest BCUT2D eigenvalue weighted by Crippen LogP contribution is -2.40. The average Bonchev–Trinajstić information content (AvgIpc) is 2.84. The Bertz CT molecular complexity index is 675. The van der Waals surface area contributed by atoms with Gasteiger partial charge in [-0.05, 0) is 13.3 Å². The summed E-state index contributed by atoms with van der Waals surface area (Å²) in [6, 6.07) is 0. The van der Waals surface area contributed by atoms with Crippen molar-refractivity contribution in [3.05, 3.63) is 23.2 Å². The van der Waals surface area contributed by atoms with E-state index in [1.165, 1.54) is 14.2 Å². The molecular weight excluding hydrogens is 412 g/mol. The number of methoxy groups -OCH3 is 2. The zero-order valence-electron chi connectivity index (χ0n) is 18.3. The van der Waals surface area contributed by atoms with Crippen LogP contribution in [0.4, 0.5) is 0 Å². The van der Waals surface area contributed by atoms with Gasteiger partial charge in [0.15, 0.2) is 12.0 Å². The molecule has 0 bridgehead atoms. The molecular formula is C21H34O10. The molecule has 0 spiro atoms. The molecule has 1 saturated heterocycles. The number of carbonyl (C=O) groups is 1. The van der Waals surface area contributed by atoms with Crippen molar-refractivity contribution in [3.63, 3.8) is 0 Å². The van der Waals surface area contributed by atoms with Crippen LogP contribution in [-0.2, 0) is 23.7 Å². The number of aliphatic hydroxyl groups excluding tert-OH is 5. The number of carbonyl (C=O) groups excluding carboxylic acids is 1. The molecule has 0 aromatic rings. The summed E-state index contributed by atoms with van der Waals surface area (Å²) < 4.78 is 21.3. The van der Waals surface area contributed by atoms with Gasteiger partial charge in [0.25, 0.3) is 0 Å². The van der Waals surface area contributed by atoms with Crippen molar-refractivity contribution >= 4 is 5.78 Å². The van der Waals surface area contributed by atoms with E-state index in [1.807, 2.05) is 6.08 Å². The Kier molecular flexibility index (Phi) is 9.44. The molecule has 0 aromatic carbocycles. The topological polar surface area (TPSA) is 155 Å². The highest BCUT2D eigenvalue weighted by atomic mass is 16.7. The second-order valence-corrected chi connectivity index (χ2v) is 8.05. The third-order valence-electron chi connectivity index (χ3n) is 5.88. The molecule has 8 atom stereocenters. The first-order valence-corrected chi connectivity index (χ1v) is 10.3. The van der Waals surface area contributed by atoms with Crippen LogP contribution in [0.1, 0.15) is 26.7 Å². The summed E-state index contributed by atoms with van der Waals surface area (Å²) >= 11 is 0. The molecule has 0 amide bonds. The molecule has 31 heavy (non-hydrogen) atoms. The molecule has 1 fully saturated rings. The van der Waals surface area contributed by atoms with Gasteiger partial charge in [-0.2, -0.15) is 0 Å². The number of hydrogen-bond donors (Lipinski definition) is 5. The molecule has 1 aliphatic carbocycles. The summed E-state index contributed by atoms with van der Waals surface area (Å²) in [5.74, 6) is -0.988. The molecule has 8 unspecified atom stereocenters. The monoisotopic (exact) mass is 446 g/mol. The minimum absolute atomic E-state index is 0.0325. The quantitative estimate of drug-likeness (QED) is 0.300. The van der Waals surface area contributed by atoms with Crippen LogP contribution in [0.25, 0.3) is 0 Å². The number of ketones is 1. The summed E-state index contributed by atoms with van der Waals surface area (Å²) in [6.07, 6.45) is -4.96. The third-order valence-corrected chi connectivity index (χ3v) is 5.88. The summed E-state index contributed by atoms with van der Waals surface area (Å²) in [6.45, 7) is 3.03. The molecule has 10 heteroatoms. The van der Waals surface area contributed by atoms with Crippen LogP contribution in [0.15, 0.2) is 23.2 Å². The van der Waals surface area contributed by atoms with Gasteiger partial charge in [-0.25, -0.2) is 0 Å². The Hall–Kier alpha value is -1.53. The Labute approximate surface area is 181 Å². The molecule has 0 aromatic heterocycles. The summed E-state index contributed by atoms with van der Waals surface area (Å²) in [5.41, 5.74) is 0.758. The predicted octanol–water partition coefficient (Wildman–Crippen LogP) is -0.770. The number of Topliss-reactive ketones (excluding diaryl/α,β-unsaturated/α-hetero) is 1. The van der Waals surface area contributed by atoms with Crippen LogP contribution in [0.2, 0.25) is 0 Å². The Morgan fingerprint density at radius 3 is 2.42 bits per heavy atom. The van der Waals surface area contributed by atoms with Crippen molar-refractivity contribution < 1.29 is 49.3 Å². The van der Waals surface area contributed by atoms with Crippen LogP contribution < -0.4 is 0 Å². The molecule has 5 N–H and O–H groups in total. The number of aliphatic hydroxyl groups is 5. The van der Waals surface area contributed by atoms with E-state index in [2.05, 4.69) is 0 Å². The van der Waals surface area contributed by atoms with Crippen LogP contribution in [-0.4, -0.2) is 95.6 Å². The van der Waals surface area contributed by atoms with Gasteiger partial charge in [0.2, 0.25) is 11.5 Å². The minimum atomic E-state index is -1.34. The lowest BCUT2D eigenvalue weighted by molar-refractivity contribution is -0.221. The van der Waals surface area contributed by atoms with Crippen molar-refractivity contribution in [2.24, 2.45) is 11.8 Å². The van der Waals surface area contributed by atoms with Gasteiger partial charge in [-0.1, -0.05) is 18.6 Å². The number of hydrogen-bond acceptors (Lipinski definition) is 10. The molecule has 1 heterocycles. The first-order chi connectivity index (χ1) is 14.7. The van der Waals surface area contributed by atoms with Crippen LogP contribution in [0.5, 0.6) is 0 Å². The third kappa shape index (κ3) is 5.83. The maximum absolute atomic E-state index is 12.5. The fraction of sp³-hybridized carbons (Fsp3) is 0.762. The highest BCUT2D eigenvalue weighted by molar-refractivity contribution is 5.97. The van der Waals surface area contributed by atoms with Crippen molar-refractivity contribution in [2.75, 3.05) is 27.4 Å². The fourth-order valence-electron chi connectivity index (χ4n) is 3.87. The fourth-order valence-corrected chi connectivity index (χ4v) is 3.87. The standard InChI is InChI=1S/C21H34O10/c1-10(9-30-21-14(24)7-13(23)18(27)15(8-22)31-21)5-6-12-11(2)16(25)19(28-3)20(29-4)17(12)26/h5,11-15,17-18,21-24,26-27H,6-9H2,1-4H3. The van der Waals surface area contributed by atoms with Gasteiger partial charge in [-0.3, -0.25) is 4.79 Å². The van der Waals surface area contributed by atoms with E-state index < -0.39 is 55.3 Å². The molecule has 2 rings (SSSR count). The van der Waals surface area contributed by atoms with Crippen LogP contribution in [0, 0.1) is 11.8 Å². The molecule has 0 radical (unpaired) electrons. The summed E-state index contributed by atoms with van der Waals surface area (Å²) in [5, 5.41) is 49.9. The van der Waals surface area contributed by atoms with Gasteiger partial charge in [0.1, 0.15) is 24.4 Å². The van der Waals surface area contributed by atoms with E-state index in [0.717, 1.165) is 5.57 Å². The van der Waals surface area contributed by atoms with Gasteiger partial charge in [-0.15, -0.1) is 0 Å². The Balaban J connectivity index is 2.01. The Morgan fingerprint density at radius 1 is 1.16 bits per heavy atom. The smallest absolute Gasteiger partial charge is 0.204 e. The SMILES string of the molecule is COC1=C(OC)C(O)C(CC=C(C)COC2OC(CO)C(O)C(O)CC2O)C(C)C1=O. The van der Waals surface area contributed by atoms with Crippen molar-refractivity contribution in [1.82, 2.24) is 0 Å². The number of ether oxygens (including phenoxy) is 4. The van der Waals surface area contributed by atoms with E-state index in [4.69, 9.17) is 18.9 Å². The van der Waals surface area contributed by atoms with Crippen molar-refractivity contribution in [3.8, 4) is 0 Å². The van der Waals surface area contributed by atoms with Gasteiger partial charge >= 0.3 is 0 Å². The van der Waals surface area contributed by atoms with E-state index in [0.29, 0.717) is 6.42 Å². The largest absolute Gasteiger partial charge is 0.494 e.